The van der Waals surface area contributed by atoms with Gasteiger partial charge in [0, 0.05) is 17.3 Å². The smallest absolute Gasteiger partial charge is 0.319 e. The average Bonchev–Trinajstić information content (AvgIpc) is 3.01. The Balaban J connectivity index is 1.59. The fourth-order valence-corrected chi connectivity index (χ4v) is 3.57. The highest BCUT2D eigenvalue weighted by atomic mass is 16.2. The Bertz CT molecular complexity index is 541. The second kappa shape index (κ2) is 5.27. The molecule has 3 unspecified atom stereocenters. The number of fused-ring (bicyclic) bond motifs is 2. The van der Waals surface area contributed by atoms with E-state index in [0.717, 1.165) is 12.3 Å². The van der Waals surface area contributed by atoms with E-state index in [1.54, 1.807) is 24.3 Å². The van der Waals surface area contributed by atoms with Gasteiger partial charge in [-0.3, -0.25) is 4.79 Å². The number of hydrogen-bond donors (Lipinski definition) is 2. The van der Waals surface area contributed by atoms with E-state index in [0.29, 0.717) is 23.2 Å². The normalized spacial score (nSPS) is 27.4. The minimum Gasteiger partial charge on any atom is -0.335 e. The lowest BCUT2D eigenvalue weighted by Crippen LogP contribution is -2.41. The van der Waals surface area contributed by atoms with Crippen molar-refractivity contribution in [2.45, 2.75) is 38.6 Å². The molecule has 3 atom stereocenters. The number of hydrogen-bond acceptors (Lipinski definition) is 2. The zero-order valence-electron chi connectivity index (χ0n) is 11.7. The van der Waals surface area contributed by atoms with Gasteiger partial charge in [-0.05, 0) is 50.2 Å². The van der Waals surface area contributed by atoms with E-state index in [-0.39, 0.29) is 11.8 Å². The summed E-state index contributed by atoms with van der Waals surface area (Å²) in [6.45, 7) is 1.52. The van der Waals surface area contributed by atoms with Crippen molar-refractivity contribution in [3.05, 3.63) is 29.8 Å². The summed E-state index contributed by atoms with van der Waals surface area (Å²) in [7, 11) is 0. The molecule has 3 rings (SSSR count). The molecular weight excluding hydrogens is 252 g/mol. The highest BCUT2D eigenvalue weighted by Gasteiger charge is 2.40. The Kier molecular flexibility index (Phi) is 3.47. The molecule has 4 heteroatoms. The van der Waals surface area contributed by atoms with Crippen LogP contribution in [0.4, 0.5) is 10.5 Å². The van der Waals surface area contributed by atoms with E-state index in [2.05, 4.69) is 10.6 Å². The molecule has 0 heterocycles. The number of nitrogens with one attached hydrogen (secondary N) is 2. The molecule has 1 aromatic carbocycles. The van der Waals surface area contributed by atoms with Crippen LogP contribution in [0.2, 0.25) is 0 Å². The van der Waals surface area contributed by atoms with E-state index in [9.17, 15) is 9.59 Å². The minimum atomic E-state index is -0.164. The number of carbonyl (C=O) groups is 2. The maximum Gasteiger partial charge on any atom is 0.319 e. The molecule has 0 spiro atoms. The van der Waals surface area contributed by atoms with Gasteiger partial charge in [0.2, 0.25) is 0 Å². The third-order valence-corrected chi connectivity index (χ3v) is 4.58. The van der Waals surface area contributed by atoms with Crippen LogP contribution in [0.3, 0.4) is 0 Å². The number of anilines is 1. The van der Waals surface area contributed by atoms with Gasteiger partial charge in [-0.1, -0.05) is 18.6 Å². The summed E-state index contributed by atoms with van der Waals surface area (Å²) in [5.41, 5.74) is 1.28. The van der Waals surface area contributed by atoms with Crippen LogP contribution < -0.4 is 10.6 Å². The zero-order valence-corrected chi connectivity index (χ0v) is 11.7. The zero-order chi connectivity index (χ0) is 14.1. The average molecular weight is 272 g/mol. The van der Waals surface area contributed by atoms with Crippen LogP contribution in [-0.4, -0.2) is 17.9 Å². The Morgan fingerprint density at radius 2 is 2.05 bits per heavy atom. The Labute approximate surface area is 118 Å². The lowest BCUT2D eigenvalue weighted by molar-refractivity contribution is 0.101. The SMILES string of the molecule is CC(=O)c1cccc(NC(=O)NC2CC3CCC2C3)c1. The van der Waals surface area contributed by atoms with Crippen LogP contribution in [0, 0.1) is 11.8 Å². The Morgan fingerprint density at radius 3 is 2.70 bits per heavy atom. The molecule has 4 nitrogen and oxygen atoms in total. The van der Waals surface area contributed by atoms with Gasteiger partial charge in [-0.15, -0.1) is 0 Å². The minimum absolute atomic E-state index is 0.00200. The highest BCUT2D eigenvalue weighted by molar-refractivity contribution is 5.96. The first kappa shape index (κ1) is 13.2. The van der Waals surface area contributed by atoms with E-state index < -0.39 is 0 Å². The second-order valence-corrected chi connectivity index (χ2v) is 6.02. The molecule has 0 saturated heterocycles. The number of benzene rings is 1. The van der Waals surface area contributed by atoms with E-state index in [4.69, 9.17) is 0 Å². The summed E-state index contributed by atoms with van der Waals surface area (Å²) in [5.74, 6) is 1.47. The number of ketones is 1. The molecule has 20 heavy (non-hydrogen) atoms. The van der Waals surface area contributed by atoms with Gasteiger partial charge >= 0.3 is 6.03 Å². The van der Waals surface area contributed by atoms with Crippen LogP contribution in [0.5, 0.6) is 0 Å². The van der Waals surface area contributed by atoms with Crippen LogP contribution in [-0.2, 0) is 0 Å². The third-order valence-electron chi connectivity index (χ3n) is 4.58. The van der Waals surface area contributed by atoms with Crippen molar-refractivity contribution < 1.29 is 9.59 Å². The predicted octanol–water partition coefficient (Wildman–Crippen LogP) is 3.20. The molecule has 2 N–H and O–H groups in total. The Hall–Kier alpha value is -1.84. The quantitative estimate of drug-likeness (QED) is 0.830. The molecular formula is C16H20N2O2. The molecule has 2 bridgehead atoms. The first-order valence-corrected chi connectivity index (χ1v) is 7.30. The first-order valence-electron chi connectivity index (χ1n) is 7.30. The van der Waals surface area contributed by atoms with Gasteiger partial charge < -0.3 is 10.6 Å². The number of Topliss-reactive ketones (excluding diaryl/α,β-unsaturated/α-hetero) is 1. The fourth-order valence-electron chi connectivity index (χ4n) is 3.57. The standard InChI is InChI=1S/C16H20N2O2/c1-10(19)12-3-2-4-14(9-12)17-16(20)18-15-8-11-5-6-13(15)7-11/h2-4,9,11,13,15H,5-8H2,1H3,(H2,17,18,20). The molecule has 106 valence electrons. The van der Waals surface area contributed by atoms with E-state index in [1.165, 1.54) is 26.2 Å². The third kappa shape index (κ3) is 2.69. The highest BCUT2D eigenvalue weighted by Crippen LogP contribution is 2.44. The van der Waals surface area contributed by atoms with Crippen molar-refractivity contribution in [1.82, 2.24) is 5.32 Å². The fraction of sp³-hybridized carbons (Fsp3) is 0.500. The predicted molar refractivity (Wildman–Crippen MR) is 77.8 cm³/mol. The van der Waals surface area contributed by atoms with Crippen molar-refractivity contribution in [3.63, 3.8) is 0 Å². The molecule has 2 aliphatic rings. The lowest BCUT2D eigenvalue weighted by Gasteiger charge is -2.23. The van der Waals surface area contributed by atoms with Crippen molar-refractivity contribution in [3.8, 4) is 0 Å². The Morgan fingerprint density at radius 1 is 1.20 bits per heavy atom. The molecule has 2 fully saturated rings. The molecule has 0 radical (unpaired) electrons. The molecule has 2 saturated carbocycles. The van der Waals surface area contributed by atoms with E-state index >= 15 is 0 Å². The summed E-state index contributed by atoms with van der Waals surface area (Å²) in [6.07, 6.45) is 4.96. The monoisotopic (exact) mass is 272 g/mol. The van der Waals surface area contributed by atoms with Gasteiger partial charge in [0.05, 0.1) is 0 Å². The van der Waals surface area contributed by atoms with Crippen molar-refractivity contribution in [2.24, 2.45) is 11.8 Å². The lowest BCUT2D eigenvalue weighted by atomic mass is 9.95. The van der Waals surface area contributed by atoms with Gasteiger partial charge in [-0.2, -0.15) is 0 Å². The van der Waals surface area contributed by atoms with Crippen LogP contribution in [0.15, 0.2) is 24.3 Å². The molecule has 2 aliphatic carbocycles. The van der Waals surface area contributed by atoms with Gasteiger partial charge in [0.1, 0.15) is 0 Å². The van der Waals surface area contributed by atoms with Crippen LogP contribution in [0.1, 0.15) is 43.0 Å². The summed E-state index contributed by atoms with van der Waals surface area (Å²) in [6, 6.07) is 7.20. The number of rotatable bonds is 3. The van der Waals surface area contributed by atoms with Gasteiger partial charge in [-0.25, -0.2) is 4.79 Å². The van der Waals surface area contributed by atoms with Crippen molar-refractivity contribution in [2.75, 3.05) is 5.32 Å². The summed E-state index contributed by atoms with van der Waals surface area (Å²) in [5, 5.41) is 5.89. The molecule has 2 amide bonds. The number of urea groups is 1. The van der Waals surface area contributed by atoms with Gasteiger partial charge in [0.15, 0.2) is 5.78 Å². The van der Waals surface area contributed by atoms with Gasteiger partial charge in [0.25, 0.3) is 0 Å². The van der Waals surface area contributed by atoms with Crippen LogP contribution in [0.25, 0.3) is 0 Å². The van der Waals surface area contributed by atoms with Crippen molar-refractivity contribution >= 4 is 17.5 Å². The largest absolute Gasteiger partial charge is 0.335 e. The molecule has 0 aliphatic heterocycles. The first-order chi connectivity index (χ1) is 9.61. The maximum absolute atomic E-state index is 12.0. The summed E-state index contributed by atoms with van der Waals surface area (Å²) < 4.78 is 0. The number of carbonyl (C=O) groups excluding carboxylic acids is 2. The molecule has 1 aromatic rings. The van der Waals surface area contributed by atoms with Crippen LogP contribution >= 0.6 is 0 Å². The van der Waals surface area contributed by atoms with Crippen molar-refractivity contribution in [1.29, 1.82) is 0 Å². The maximum atomic E-state index is 12.0. The second-order valence-electron chi connectivity index (χ2n) is 6.02. The van der Waals surface area contributed by atoms with E-state index in [1.807, 2.05) is 0 Å². The topological polar surface area (TPSA) is 58.2 Å². The number of amides is 2. The summed E-state index contributed by atoms with van der Waals surface area (Å²) >= 11 is 0. The summed E-state index contributed by atoms with van der Waals surface area (Å²) in [4.78, 5) is 23.3. The molecule has 0 aromatic heterocycles.